The Hall–Kier alpha value is -2.15. The average molecular weight is 238 g/mol. The Kier molecular flexibility index (Phi) is 3.20. The highest BCUT2D eigenvalue weighted by Gasteiger charge is 2.15. The normalized spacial score (nSPS) is 12.5. The van der Waals surface area contributed by atoms with Crippen LogP contribution in [0.2, 0.25) is 0 Å². The molecule has 0 fully saturated rings. The molecule has 1 unspecified atom stereocenters. The van der Waals surface area contributed by atoms with Crippen LogP contribution in [0.15, 0.2) is 27.3 Å². The number of carbonyl (C=O) groups is 1. The number of nitrogens with zero attached hydrogens (tertiary/aromatic N) is 2. The van der Waals surface area contributed by atoms with E-state index in [2.05, 4.69) is 10.1 Å². The van der Waals surface area contributed by atoms with Gasteiger partial charge in [0.05, 0.1) is 6.26 Å². The van der Waals surface area contributed by atoms with Gasteiger partial charge in [-0.25, -0.2) is 4.79 Å². The first-order valence-electron chi connectivity index (χ1n) is 4.87. The van der Waals surface area contributed by atoms with Gasteiger partial charge in [-0.3, -0.25) is 0 Å². The second-order valence-electron chi connectivity index (χ2n) is 3.28. The lowest BCUT2D eigenvalue weighted by molar-refractivity contribution is -0.150. The number of hydrogen-bond donors (Lipinski definition) is 1. The summed E-state index contributed by atoms with van der Waals surface area (Å²) in [7, 11) is 0. The summed E-state index contributed by atoms with van der Waals surface area (Å²) in [4.78, 5) is 14.5. The number of ether oxygens (including phenoxy) is 1. The van der Waals surface area contributed by atoms with E-state index >= 15 is 0 Å². The van der Waals surface area contributed by atoms with Crippen molar-refractivity contribution in [3.63, 3.8) is 0 Å². The minimum absolute atomic E-state index is 0.0301. The van der Waals surface area contributed by atoms with Crippen molar-refractivity contribution < 1.29 is 23.6 Å². The molecule has 0 aromatic carbocycles. The Labute approximate surface area is 96.0 Å². The van der Waals surface area contributed by atoms with Gasteiger partial charge in [-0.1, -0.05) is 5.16 Å². The van der Waals surface area contributed by atoms with E-state index in [1.165, 1.54) is 13.2 Å². The number of rotatable bonds is 5. The van der Waals surface area contributed by atoms with Gasteiger partial charge in [-0.2, -0.15) is 4.98 Å². The summed E-state index contributed by atoms with van der Waals surface area (Å²) < 4.78 is 15.0. The molecule has 17 heavy (non-hydrogen) atoms. The second-order valence-corrected chi connectivity index (χ2v) is 3.28. The standard InChI is InChI=1S/C10H10N2O5/c1-6(10(13)14)16-5-8-11-9(17-12-8)7-3-2-4-15-7/h2-4,6H,5H2,1H3,(H,13,14). The first kappa shape index (κ1) is 11.3. The smallest absolute Gasteiger partial charge is 0.332 e. The fourth-order valence-corrected chi connectivity index (χ4v) is 1.08. The van der Waals surface area contributed by atoms with E-state index in [9.17, 15) is 4.79 Å². The third-order valence-electron chi connectivity index (χ3n) is 2.01. The van der Waals surface area contributed by atoms with Gasteiger partial charge < -0.3 is 18.8 Å². The first-order valence-corrected chi connectivity index (χ1v) is 4.87. The topological polar surface area (TPSA) is 98.6 Å². The number of carboxylic acid groups (broad SMARTS) is 1. The molecular formula is C10H10N2O5. The molecule has 2 aromatic rings. The molecule has 2 rings (SSSR count). The quantitative estimate of drug-likeness (QED) is 0.838. The minimum Gasteiger partial charge on any atom is -0.479 e. The van der Waals surface area contributed by atoms with Crippen LogP contribution in [0.5, 0.6) is 0 Å². The molecule has 7 heteroatoms. The summed E-state index contributed by atoms with van der Waals surface area (Å²) in [6.45, 7) is 1.40. The largest absolute Gasteiger partial charge is 0.479 e. The summed E-state index contributed by atoms with van der Waals surface area (Å²) in [5, 5.41) is 12.3. The Balaban J connectivity index is 1.97. The van der Waals surface area contributed by atoms with Gasteiger partial charge in [0.25, 0.3) is 5.89 Å². The van der Waals surface area contributed by atoms with Crippen LogP contribution >= 0.6 is 0 Å². The Morgan fingerprint density at radius 2 is 2.47 bits per heavy atom. The predicted molar refractivity (Wildman–Crippen MR) is 53.9 cm³/mol. The van der Waals surface area contributed by atoms with E-state index in [-0.39, 0.29) is 18.3 Å². The lowest BCUT2D eigenvalue weighted by Gasteiger charge is -2.04. The third kappa shape index (κ3) is 2.70. The zero-order valence-electron chi connectivity index (χ0n) is 8.99. The van der Waals surface area contributed by atoms with Crippen LogP contribution in [0.3, 0.4) is 0 Å². The van der Waals surface area contributed by atoms with Crippen molar-refractivity contribution in [3.8, 4) is 11.7 Å². The highest BCUT2D eigenvalue weighted by atomic mass is 16.5. The Morgan fingerprint density at radius 1 is 1.65 bits per heavy atom. The number of aliphatic carboxylic acids is 1. The number of carboxylic acids is 1. The summed E-state index contributed by atoms with van der Waals surface area (Å²) in [6, 6.07) is 3.38. The van der Waals surface area contributed by atoms with Crippen LogP contribution in [0.25, 0.3) is 11.7 Å². The van der Waals surface area contributed by atoms with Gasteiger partial charge in [0.2, 0.25) is 0 Å². The fraction of sp³-hybridized carbons (Fsp3) is 0.300. The van der Waals surface area contributed by atoms with E-state index in [0.29, 0.717) is 5.76 Å². The maximum absolute atomic E-state index is 10.5. The van der Waals surface area contributed by atoms with Crippen molar-refractivity contribution in [2.45, 2.75) is 19.6 Å². The van der Waals surface area contributed by atoms with Crippen LogP contribution in [0, 0.1) is 0 Å². The van der Waals surface area contributed by atoms with E-state index < -0.39 is 12.1 Å². The van der Waals surface area contributed by atoms with Crippen LogP contribution in [0.1, 0.15) is 12.7 Å². The molecule has 0 amide bonds. The Morgan fingerprint density at radius 3 is 3.12 bits per heavy atom. The zero-order valence-corrected chi connectivity index (χ0v) is 8.99. The molecule has 0 aliphatic rings. The number of aromatic nitrogens is 2. The van der Waals surface area contributed by atoms with E-state index in [4.69, 9.17) is 18.8 Å². The molecular weight excluding hydrogens is 228 g/mol. The van der Waals surface area contributed by atoms with E-state index in [1.807, 2.05) is 0 Å². The Bertz CT molecular complexity index is 491. The van der Waals surface area contributed by atoms with Gasteiger partial charge in [-0.15, -0.1) is 0 Å². The van der Waals surface area contributed by atoms with Crippen molar-refractivity contribution in [2.24, 2.45) is 0 Å². The number of furan rings is 1. The monoisotopic (exact) mass is 238 g/mol. The zero-order chi connectivity index (χ0) is 12.3. The molecule has 90 valence electrons. The molecule has 0 radical (unpaired) electrons. The summed E-state index contributed by atoms with van der Waals surface area (Å²) in [5.41, 5.74) is 0. The van der Waals surface area contributed by atoms with Crippen LogP contribution in [0.4, 0.5) is 0 Å². The average Bonchev–Trinajstić information content (AvgIpc) is 2.95. The lowest BCUT2D eigenvalue weighted by atomic mass is 10.4. The molecule has 0 spiro atoms. The molecule has 0 saturated carbocycles. The van der Waals surface area contributed by atoms with Crippen LogP contribution < -0.4 is 0 Å². The fourth-order valence-electron chi connectivity index (χ4n) is 1.08. The molecule has 7 nitrogen and oxygen atoms in total. The maximum Gasteiger partial charge on any atom is 0.332 e. The molecule has 2 heterocycles. The van der Waals surface area contributed by atoms with Crippen molar-refractivity contribution >= 4 is 5.97 Å². The maximum atomic E-state index is 10.5. The molecule has 0 saturated heterocycles. The highest BCUT2D eigenvalue weighted by molar-refractivity contribution is 5.71. The van der Waals surface area contributed by atoms with Gasteiger partial charge in [-0.05, 0) is 19.1 Å². The lowest BCUT2D eigenvalue weighted by Crippen LogP contribution is -2.19. The van der Waals surface area contributed by atoms with Crippen molar-refractivity contribution in [2.75, 3.05) is 0 Å². The highest BCUT2D eigenvalue weighted by Crippen LogP contribution is 2.17. The molecule has 0 aliphatic heterocycles. The van der Waals surface area contributed by atoms with E-state index in [1.54, 1.807) is 12.1 Å². The summed E-state index contributed by atoms with van der Waals surface area (Å²) >= 11 is 0. The summed E-state index contributed by atoms with van der Waals surface area (Å²) in [5.74, 6) is -0.0872. The van der Waals surface area contributed by atoms with Gasteiger partial charge in [0.1, 0.15) is 6.61 Å². The SMILES string of the molecule is CC(OCc1noc(-c2ccco2)n1)C(=O)O. The first-order chi connectivity index (χ1) is 8.16. The summed E-state index contributed by atoms with van der Waals surface area (Å²) in [6.07, 6.45) is 0.572. The molecule has 0 bridgehead atoms. The van der Waals surface area contributed by atoms with Crippen LogP contribution in [-0.2, 0) is 16.1 Å². The van der Waals surface area contributed by atoms with Gasteiger partial charge >= 0.3 is 5.97 Å². The van der Waals surface area contributed by atoms with Gasteiger partial charge in [0.15, 0.2) is 17.7 Å². The third-order valence-corrected chi connectivity index (χ3v) is 2.01. The molecule has 0 aliphatic carbocycles. The van der Waals surface area contributed by atoms with Crippen molar-refractivity contribution in [1.82, 2.24) is 10.1 Å². The molecule has 2 aromatic heterocycles. The number of hydrogen-bond acceptors (Lipinski definition) is 6. The van der Waals surface area contributed by atoms with E-state index in [0.717, 1.165) is 0 Å². The predicted octanol–water partition coefficient (Wildman–Crippen LogP) is 1.32. The molecule has 1 atom stereocenters. The van der Waals surface area contributed by atoms with Crippen LogP contribution in [-0.4, -0.2) is 27.3 Å². The molecule has 1 N–H and O–H groups in total. The van der Waals surface area contributed by atoms with Crippen molar-refractivity contribution in [3.05, 3.63) is 24.2 Å². The van der Waals surface area contributed by atoms with Crippen molar-refractivity contribution in [1.29, 1.82) is 0 Å². The van der Waals surface area contributed by atoms with Gasteiger partial charge in [0, 0.05) is 0 Å². The minimum atomic E-state index is -1.04. The second kappa shape index (κ2) is 4.79.